The van der Waals surface area contributed by atoms with Crippen LogP contribution in [0.1, 0.15) is 36.2 Å². The fourth-order valence-electron chi connectivity index (χ4n) is 3.70. The molecule has 2 N–H and O–H groups in total. The summed E-state index contributed by atoms with van der Waals surface area (Å²) in [6, 6.07) is 5.33. The van der Waals surface area contributed by atoms with Crippen molar-refractivity contribution in [3.63, 3.8) is 0 Å². The third-order valence-corrected chi connectivity index (χ3v) is 5.27. The van der Waals surface area contributed by atoms with Crippen LogP contribution in [0.5, 0.6) is 0 Å². The number of rotatable bonds is 2. The molecule has 3 heterocycles. The lowest BCUT2D eigenvalue weighted by atomic mass is 9.82. The van der Waals surface area contributed by atoms with Gasteiger partial charge >= 0.3 is 0 Å². The van der Waals surface area contributed by atoms with E-state index in [-0.39, 0.29) is 33.8 Å². The third kappa shape index (κ3) is 2.52. The monoisotopic (exact) mass is 370 g/mol. The van der Waals surface area contributed by atoms with Crippen LogP contribution in [0.3, 0.4) is 0 Å². The van der Waals surface area contributed by atoms with Crippen LogP contribution in [0, 0.1) is 17.2 Å². The first-order valence-electron chi connectivity index (χ1n) is 8.25. The molecule has 1 aliphatic carbocycles. The summed E-state index contributed by atoms with van der Waals surface area (Å²) in [5.41, 5.74) is -0.781. The number of nitriles is 1. The average Bonchev–Trinajstić information content (AvgIpc) is 2.93. The number of nitrogens with one attached hydrogen (secondary N) is 2. The van der Waals surface area contributed by atoms with E-state index in [0.29, 0.717) is 31.5 Å². The smallest absolute Gasteiger partial charge is 0.276 e. The van der Waals surface area contributed by atoms with Crippen molar-refractivity contribution in [2.24, 2.45) is 5.92 Å². The molecule has 1 saturated carbocycles. The predicted octanol–water partition coefficient (Wildman–Crippen LogP) is 2.15. The van der Waals surface area contributed by atoms with E-state index < -0.39 is 5.66 Å². The lowest BCUT2D eigenvalue weighted by Crippen LogP contribution is -2.49. The number of pyridine rings is 1. The summed E-state index contributed by atoms with van der Waals surface area (Å²) in [5, 5.41) is 15.2. The van der Waals surface area contributed by atoms with E-state index in [0.717, 1.165) is 0 Å². The quantitative estimate of drug-likeness (QED) is 0.837. The Kier molecular flexibility index (Phi) is 3.89. The second kappa shape index (κ2) is 6.11. The SMILES string of the molecule is N#CC1CCC2(CC1)NC(=O)c1c(Cl)cc(Nc3ccncn3)c(=O)n12. The van der Waals surface area contributed by atoms with Gasteiger partial charge in [-0.1, -0.05) is 11.6 Å². The molecule has 0 atom stereocenters. The molecule has 2 aromatic heterocycles. The Bertz CT molecular complexity index is 973. The van der Waals surface area contributed by atoms with Crippen molar-refractivity contribution < 1.29 is 4.79 Å². The van der Waals surface area contributed by atoms with Crippen molar-refractivity contribution in [3.05, 3.63) is 45.7 Å². The maximum atomic E-state index is 13.1. The standard InChI is InChI=1S/C17H15ClN6O2/c18-11-7-12(22-13-3-6-20-9-21-13)16(26)24-14(11)15(25)23-17(24)4-1-10(8-19)2-5-17/h3,6-7,9-10H,1-2,4-5H2,(H,23,25)(H,20,21,22). The predicted molar refractivity (Wildman–Crippen MR) is 94.0 cm³/mol. The van der Waals surface area contributed by atoms with Gasteiger partial charge in [0.2, 0.25) is 0 Å². The summed E-state index contributed by atoms with van der Waals surface area (Å²) in [4.78, 5) is 33.5. The van der Waals surface area contributed by atoms with E-state index in [1.54, 1.807) is 12.3 Å². The lowest BCUT2D eigenvalue weighted by molar-refractivity contribution is 0.0860. The minimum Gasteiger partial charge on any atom is -0.336 e. The fraction of sp³-hybridized carbons (Fsp3) is 0.353. The van der Waals surface area contributed by atoms with Gasteiger partial charge in [-0.15, -0.1) is 0 Å². The number of hydrogen-bond acceptors (Lipinski definition) is 6. The van der Waals surface area contributed by atoms with Gasteiger partial charge in [0.25, 0.3) is 11.5 Å². The molecule has 0 unspecified atom stereocenters. The molecule has 0 aromatic carbocycles. The molecule has 2 aromatic rings. The number of carbonyl (C=O) groups is 1. The van der Waals surface area contributed by atoms with E-state index in [1.165, 1.54) is 17.0 Å². The molecule has 26 heavy (non-hydrogen) atoms. The molecule has 0 saturated heterocycles. The highest BCUT2D eigenvalue weighted by molar-refractivity contribution is 6.34. The first kappa shape index (κ1) is 16.5. The first-order valence-corrected chi connectivity index (χ1v) is 8.63. The summed E-state index contributed by atoms with van der Waals surface area (Å²) >= 11 is 6.32. The minimum absolute atomic E-state index is 0.0601. The largest absolute Gasteiger partial charge is 0.336 e. The van der Waals surface area contributed by atoms with Gasteiger partial charge in [-0.05, 0) is 37.8 Å². The van der Waals surface area contributed by atoms with Crippen LogP contribution in [0.25, 0.3) is 0 Å². The fourth-order valence-corrected chi connectivity index (χ4v) is 3.98. The number of amides is 1. The van der Waals surface area contributed by atoms with E-state index in [2.05, 4.69) is 26.7 Å². The van der Waals surface area contributed by atoms with Gasteiger partial charge in [-0.3, -0.25) is 14.2 Å². The Labute approximate surface area is 153 Å². The molecule has 0 radical (unpaired) electrons. The zero-order valence-corrected chi connectivity index (χ0v) is 14.5. The van der Waals surface area contributed by atoms with Gasteiger partial charge in [0, 0.05) is 12.1 Å². The Morgan fingerprint density at radius 2 is 2.15 bits per heavy atom. The van der Waals surface area contributed by atoms with E-state index in [1.807, 2.05) is 0 Å². The summed E-state index contributed by atoms with van der Waals surface area (Å²) in [7, 11) is 0. The molecule has 132 valence electrons. The normalized spacial score (nSPS) is 24.0. The van der Waals surface area contributed by atoms with E-state index in [9.17, 15) is 9.59 Å². The second-order valence-corrected chi connectivity index (χ2v) is 6.91. The Balaban J connectivity index is 1.80. The highest BCUT2D eigenvalue weighted by Gasteiger charge is 2.47. The zero-order chi connectivity index (χ0) is 18.3. The molecule has 4 rings (SSSR count). The van der Waals surface area contributed by atoms with E-state index in [4.69, 9.17) is 16.9 Å². The summed E-state index contributed by atoms with van der Waals surface area (Å²) in [6.45, 7) is 0. The van der Waals surface area contributed by atoms with Gasteiger partial charge in [0.15, 0.2) is 0 Å². The first-order chi connectivity index (χ1) is 12.5. The van der Waals surface area contributed by atoms with Gasteiger partial charge in [-0.2, -0.15) is 5.26 Å². The number of carbonyl (C=O) groups excluding carboxylic acids is 1. The lowest BCUT2D eigenvalue weighted by Gasteiger charge is -2.36. The van der Waals surface area contributed by atoms with Crippen molar-refractivity contribution in [2.75, 3.05) is 5.32 Å². The number of hydrogen-bond donors (Lipinski definition) is 2. The molecule has 1 fully saturated rings. The van der Waals surface area contributed by atoms with Gasteiger partial charge in [0.1, 0.15) is 29.2 Å². The number of aromatic nitrogens is 3. The van der Waals surface area contributed by atoms with Crippen LogP contribution in [0.4, 0.5) is 11.5 Å². The molecule has 8 nitrogen and oxygen atoms in total. The number of halogens is 1. The van der Waals surface area contributed by atoms with Crippen molar-refractivity contribution in [1.29, 1.82) is 5.26 Å². The molecule has 9 heteroatoms. The molecule has 1 spiro atoms. The summed E-state index contributed by atoms with van der Waals surface area (Å²) in [5.74, 6) is 0.0272. The van der Waals surface area contributed by atoms with Crippen molar-refractivity contribution in [1.82, 2.24) is 19.9 Å². The van der Waals surface area contributed by atoms with Gasteiger partial charge in [0.05, 0.1) is 11.1 Å². The van der Waals surface area contributed by atoms with Crippen molar-refractivity contribution in [2.45, 2.75) is 31.3 Å². The van der Waals surface area contributed by atoms with Gasteiger partial charge in [-0.25, -0.2) is 9.97 Å². The summed E-state index contributed by atoms with van der Waals surface area (Å²) in [6.07, 6.45) is 5.17. The van der Waals surface area contributed by atoms with Crippen LogP contribution in [0.15, 0.2) is 29.5 Å². The van der Waals surface area contributed by atoms with Gasteiger partial charge < -0.3 is 10.6 Å². The maximum absolute atomic E-state index is 13.1. The Morgan fingerprint density at radius 3 is 2.81 bits per heavy atom. The van der Waals surface area contributed by atoms with E-state index >= 15 is 0 Å². The van der Waals surface area contributed by atoms with Crippen LogP contribution in [-0.4, -0.2) is 20.4 Å². The molecular formula is C17H15ClN6O2. The highest BCUT2D eigenvalue weighted by atomic mass is 35.5. The third-order valence-electron chi connectivity index (χ3n) is 4.98. The Morgan fingerprint density at radius 1 is 1.38 bits per heavy atom. The summed E-state index contributed by atoms with van der Waals surface area (Å²) < 4.78 is 1.45. The molecule has 1 amide bonds. The zero-order valence-electron chi connectivity index (χ0n) is 13.7. The van der Waals surface area contributed by atoms with Crippen LogP contribution in [0.2, 0.25) is 5.02 Å². The topological polar surface area (TPSA) is 113 Å². The highest BCUT2D eigenvalue weighted by Crippen LogP contribution is 2.40. The Hall–Kier alpha value is -2.92. The van der Waals surface area contributed by atoms with Crippen molar-refractivity contribution >= 4 is 29.0 Å². The molecular weight excluding hydrogens is 356 g/mol. The van der Waals surface area contributed by atoms with Crippen molar-refractivity contribution in [3.8, 4) is 6.07 Å². The maximum Gasteiger partial charge on any atom is 0.276 e. The number of fused-ring (bicyclic) bond motifs is 2. The number of anilines is 2. The molecule has 2 aliphatic rings. The second-order valence-electron chi connectivity index (χ2n) is 6.50. The van der Waals surface area contributed by atoms with Crippen LogP contribution >= 0.6 is 11.6 Å². The average molecular weight is 371 g/mol. The number of nitrogens with zero attached hydrogens (tertiary/aromatic N) is 4. The molecule has 0 bridgehead atoms. The molecule has 1 aliphatic heterocycles. The van der Waals surface area contributed by atoms with Crippen LogP contribution < -0.4 is 16.2 Å². The van der Waals surface area contributed by atoms with Crippen LogP contribution in [-0.2, 0) is 5.66 Å². The minimum atomic E-state index is -0.830.